The van der Waals surface area contributed by atoms with Crippen LogP contribution in [0.5, 0.6) is 0 Å². The lowest BCUT2D eigenvalue weighted by Crippen LogP contribution is -2.40. The maximum Gasteiger partial charge on any atom is 0.451 e. The molecule has 1 heterocycles. The summed E-state index contributed by atoms with van der Waals surface area (Å²) in [6, 6.07) is 5.83. The van der Waals surface area contributed by atoms with Gasteiger partial charge >= 0.3 is 19.4 Å². The first kappa shape index (κ1) is 25.3. The third-order valence-electron chi connectivity index (χ3n) is 5.20. The van der Waals surface area contributed by atoms with Crippen molar-refractivity contribution in [1.29, 1.82) is 0 Å². The van der Waals surface area contributed by atoms with Crippen molar-refractivity contribution in [3.05, 3.63) is 35.4 Å². The van der Waals surface area contributed by atoms with E-state index in [0.717, 1.165) is 51.3 Å². The summed E-state index contributed by atoms with van der Waals surface area (Å²) in [5.74, 6) is 0.378. The molecule has 1 aromatic rings. The van der Waals surface area contributed by atoms with Gasteiger partial charge in [0.25, 0.3) is 0 Å². The summed E-state index contributed by atoms with van der Waals surface area (Å²) in [7, 11) is -1.26. The Morgan fingerprint density at radius 2 is 1.76 bits per heavy atom. The number of hydrogen-bond acceptors (Lipinski definition) is 6. The molecule has 0 amide bonds. The Morgan fingerprint density at radius 3 is 2.31 bits per heavy atom. The summed E-state index contributed by atoms with van der Waals surface area (Å²) >= 11 is 0. The maximum atomic E-state index is 13.1. The zero-order chi connectivity index (χ0) is 21.9. The van der Waals surface area contributed by atoms with Gasteiger partial charge in [-0.3, -0.25) is 4.90 Å². The van der Waals surface area contributed by atoms with Gasteiger partial charge in [-0.2, -0.15) is 22.8 Å². The normalized spacial score (nSPS) is 16.5. The van der Waals surface area contributed by atoms with Crippen LogP contribution in [0.4, 0.5) is 13.2 Å². The Bertz CT molecular complexity index is 632. The number of halogens is 3. The molecule has 10 heteroatoms. The molecule has 1 aliphatic rings. The third-order valence-corrected chi connectivity index (χ3v) is 5.20. The molecule has 6 nitrogen and oxygen atoms in total. The lowest BCUT2D eigenvalue weighted by molar-refractivity contribution is -0.191. The summed E-state index contributed by atoms with van der Waals surface area (Å²) in [5.41, 5.74) is 6.03. The summed E-state index contributed by atoms with van der Waals surface area (Å²) < 4.78 is 39.3. The highest BCUT2D eigenvalue weighted by Gasteiger charge is 2.33. The Kier molecular flexibility index (Phi) is 11.2. The van der Waals surface area contributed by atoms with Crippen LogP contribution in [0.25, 0.3) is 0 Å². The first-order valence-electron chi connectivity index (χ1n) is 9.67. The minimum Gasteiger partial charge on any atom is -0.427 e. The molecule has 0 saturated carbocycles. The molecule has 1 aromatic carbocycles. The molecule has 1 aliphatic heterocycles. The number of nitrogens with two attached hydrogens (primary N) is 1. The van der Waals surface area contributed by atoms with Gasteiger partial charge in [0.1, 0.15) is 0 Å². The second-order valence-corrected chi connectivity index (χ2v) is 7.28. The number of rotatable bonds is 8. The van der Waals surface area contributed by atoms with Crippen LogP contribution < -0.4 is 5.73 Å². The zero-order valence-electron chi connectivity index (χ0n) is 16.3. The molecule has 2 rings (SSSR count). The molecule has 29 heavy (non-hydrogen) atoms. The van der Waals surface area contributed by atoms with Gasteiger partial charge in [-0.15, -0.1) is 0 Å². The standard InChI is InChI=1S/C18H28BF3N2O2.CO2/c20-18(21,22)16-6-2-1-5-15(16)13-24-11-8-14(9-12-24)17(23)7-3-4-10-19(25)26;2-1-3/h1-2,5-6,14,17,25-26H,3-4,7-13,23H2;. The molecule has 1 atom stereocenters. The number of alkyl halides is 3. The number of piperidine rings is 1. The number of hydrogen-bond donors (Lipinski definition) is 3. The van der Waals surface area contributed by atoms with Gasteiger partial charge in [0.15, 0.2) is 0 Å². The largest absolute Gasteiger partial charge is 0.451 e. The second-order valence-electron chi connectivity index (χ2n) is 7.28. The van der Waals surface area contributed by atoms with E-state index in [1.54, 1.807) is 12.1 Å². The van der Waals surface area contributed by atoms with E-state index in [1.807, 2.05) is 0 Å². The van der Waals surface area contributed by atoms with Crippen LogP contribution in [0, 0.1) is 5.92 Å². The topological polar surface area (TPSA) is 104 Å². The second kappa shape index (κ2) is 12.8. The van der Waals surface area contributed by atoms with Crippen LogP contribution in [-0.2, 0) is 22.3 Å². The van der Waals surface area contributed by atoms with Crippen molar-refractivity contribution in [2.24, 2.45) is 11.7 Å². The number of unbranched alkanes of at least 4 members (excludes halogenated alkanes) is 1. The highest BCUT2D eigenvalue weighted by atomic mass is 19.4. The van der Waals surface area contributed by atoms with E-state index in [4.69, 9.17) is 25.4 Å². The van der Waals surface area contributed by atoms with Crippen molar-refractivity contribution < 1.29 is 32.8 Å². The Balaban J connectivity index is 0.00000132. The van der Waals surface area contributed by atoms with Crippen LogP contribution in [-0.4, -0.2) is 47.3 Å². The summed E-state index contributed by atoms with van der Waals surface area (Å²) in [4.78, 5) is 18.3. The lowest BCUT2D eigenvalue weighted by atomic mass is 9.82. The van der Waals surface area contributed by atoms with Gasteiger partial charge in [0, 0.05) is 12.6 Å². The Labute approximate surface area is 169 Å². The van der Waals surface area contributed by atoms with Gasteiger partial charge in [0.2, 0.25) is 0 Å². The molecule has 1 unspecified atom stereocenters. The minimum atomic E-state index is -4.32. The van der Waals surface area contributed by atoms with Gasteiger partial charge < -0.3 is 15.8 Å². The third kappa shape index (κ3) is 9.56. The van der Waals surface area contributed by atoms with E-state index in [1.165, 1.54) is 6.07 Å². The molecular weight excluding hydrogens is 388 g/mol. The van der Waals surface area contributed by atoms with Crippen molar-refractivity contribution >= 4 is 13.3 Å². The quantitative estimate of drug-likeness (QED) is 0.444. The first-order valence-corrected chi connectivity index (χ1v) is 9.67. The van der Waals surface area contributed by atoms with Gasteiger partial charge in [-0.25, -0.2) is 0 Å². The molecule has 0 aliphatic carbocycles. The van der Waals surface area contributed by atoms with E-state index in [9.17, 15) is 13.2 Å². The molecule has 0 spiro atoms. The fourth-order valence-electron chi connectivity index (χ4n) is 3.66. The van der Waals surface area contributed by atoms with Crippen LogP contribution >= 0.6 is 0 Å². The maximum absolute atomic E-state index is 13.1. The SMILES string of the molecule is NC(CCCCB(O)O)C1CCN(Cc2ccccc2C(F)(F)F)CC1.O=C=O. The smallest absolute Gasteiger partial charge is 0.427 e. The molecular formula is C19H28BF3N2O4. The molecule has 4 N–H and O–H groups in total. The van der Waals surface area contributed by atoms with E-state index >= 15 is 0 Å². The van der Waals surface area contributed by atoms with Crippen molar-refractivity contribution in [2.75, 3.05) is 13.1 Å². The van der Waals surface area contributed by atoms with Crippen LogP contribution in [0.3, 0.4) is 0 Å². The predicted molar refractivity (Wildman–Crippen MR) is 101 cm³/mol. The highest BCUT2D eigenvalue weighted by Crippen LogP contribution is 2.33. The van der Waals surface area contributed by atoms with Crippen molar-refractivity contribution in [3.8, 4) is 0 Å². The van der Waals surface area contributed by atoms with Crippen molar-refractivity contribution in [1.82, 2.24) is 4.90 Å². The predicted octanol–water partition coefficient (Wildman–Crippen LogP) is 2.30. The summed E-state index contributed by atoms with van der Waals surface area (Å²) in [5, 5.41) is 17.7. The molecule has 0 bridgehead atoms. The molecule has 0 aromatic heterocycles. The fraction of sp³-hybridized carbons (Fsp3) is 0.632. The van der Waals surface area contributed by atoms with E-state index in [0.29, 0.717) is 24.3 Å². The van der Waals surface area contributed by atoms with Gasteiger partial charge in [-0.1, -0.05) is 31.0 Å². The van der Waals surface area contributed by atoms with Gasteiger partial charge in [0.05, 0.1) is 5.56 Å². The average molecular weight is 416 g/mol. The fourth-order valence-corrected chi connectivity index (χ4v) is 3.66. The van der Waals surface area contributed by atoms with Crippen molar-refractivity contribution in [2.45, 2.75) is 57.2 Å². The highest BCUT2D eigenvalue weighted by molar-refractivity contribution is 6.40. The molecule has 1 fully saturated rings. The number of likely N-dealkylation sites (tertiary alicyclic amines) is 1. The summed E-state index contributed by atoms with van der Waals surface area (Å²) in [6.07, 6.45) is 0.504. The number of nitrogens with zero attached hydrogens (tertiary/aromatic N) is 1. The first-order chi connectivity index (χ1) is 13.7. The van der Waals surface area contributed by atoms with Gasteiger partial charge in [-0.05, 0) is 56.2 Å². The number of carbonyl (C=O) groups excluding carboxylic acids is 2. The zero-order valence-corrected chi connectivity index (χ0v) is 16.3. The van der Waals surface area contributed by atoms with E-state index in [-0.39, 0.29) is 12.2 Å². The van der Waals surface area contributed by atoms with Crippen LogP contribution in [0.15, 0.2) is 24.3 Å². The van der Waals surface area contributed by atoms with Crippen molar-refractivity contribution in [3.63, 3.8) is 0 Å². The minimum absolute atomic E-state index is 0.0652. The van der Waals surface area contributed by atoms with Crippen LogP contribution in [0.1, 0.15) is 43.2 Å². The average Bonchev–Trinajstić information content (AvgIpc) is 2.66. The molecule has 162 valence electrons. The van der Waals surface area contributed by atoms with E-state index < -0.39 is 18.9 Å². The van der Waals surface area contributed by atoms with Crippen LogP contribution in [0.2, 0.25) is 6.32 Å². The number of benzene rings is 1. The Hall–Kier alpha value is -1.71. The van der Waals surface area contributed by atoms with E-state index in [2.05, 4.69) is 4.90 Å². The lowest BCUT2D eigenvalue weighted by Gasteiger charge is -2.35. The monoisotopic (exact) mass is 416 g/mol. The Morgan fingerprint density at radius 1 is 1.17 bits per heavy atom. The molecule has 0 radical (unpaired) electrons. The molecule has 1 saturated heterocycles. The summed E-state index contributed by atoms with van der Waals surface area (Å²) in [6.45, 7) is 1.81.